The minimum atomic E-state index is 0.460. The van der Waals surface area contributed by atoms with Gasteiger partial charge in [-0.05, 0) is 24.1 Å². The summed E-state index contributed by atoms with van der Waals surface area (Å²) in [6.45, 7) is 1.98. The number of anilines is 2. The van der Waals surface area contributed by atoms with Gasteiger partial charge < -0.3 is 20.5 Å². The van der Waals surface area contributed by atoms with Crippen LogP contribution in [0.2, 0.25) is 0 Å². The van der Waals surface area contributed by atoms with Crippen LogP contribution in [0.25, 0.3) is 0 Å². The van der Waals surface area contributed by atoms with Crippen LogP contribution in [-0.4, -0.2) is 29.7 Å². The van der Waals surface area contributed by atoms with Crippen LogP contribution < -0.4 is 20.5 Å². The van der Waals surface area contributed by atoms with Crippen LogP contribution in [0, 0.1) is 0 Å². The molecule has 0 saturated carbocycles. The molecule has 3 rings (SSSR count). The van der Waals surface area contributed by atoms with Gasteiger partial charge in [-0.25, -0.2) is 9.97 Å². The summed E-state index contributed by atoms with van der Waals surface area (Å²) in [6, 6.07) is 7.73. The second kappa shape index (κ2) is 5.64. The molecule has 2 aromatic rings. The maximum absolute atomic E-state index is 5.60. The fraction of sp³-hybridized carbons (Fsp3) is 0.286. The average molecular weight is 272 g/mol. The van der Waals surface area contributed by atoms with E-state index in [2.05, 4.69) is 15.3 Å². The normalized spacial score (nSPS) is 13.0. The molecule has 20 heavy (non-hydrogen) atoms. The van der Waals surface area contributed by atoms with Gasteiger partial charge in [0.15, 0.2) is 11.5 Å². The van der Waals surface area contributed by atoms with E-state index in [0.717, 1.165) is 30.3 Å². The fourth-order valence-corrected chi connectivity index (χ4v) is 2.05. The van der Waals surface area contributed by atoms with Gasteiger partial charge in [0.05, 0.1) is 0 Å². The van der Waals surface area contributed by atoms with E-state index in [-0.39, 0.29) is 0 Å². The molecule has 0 atom stereocenters. The minimum Gasteiger partial charge on any atom is -0.486 e. The van der Waals surface area contributed by atoms with Crippen LogP contribution in [-0.2, 0) is 6.42 Å². The van der Waals surface area contributed by atoms with E-state index in [9.17, 15) is 0 Å². The number of benzene rings is 1. The summed E-state index contributed by atoms with van der Waals surface area (Å²) >= 11 is 0. The quantitative estimate of drug-likeness (QED) is 0.877. The lowest BCUT2D eigenvalue weighted by Gasteiger charge is -2.18. The summed E-state index contributed by atoms with van der Waals surface area (Å²) in [5, 5.41) is 3.21. The highest BCUT2D eigenvalue weighted by atomic mass is 16.6. The Morgan fingerprint density at radius 2 is 1.95 bits per heavy atom. The molecule has 1 aromatic carbocycles. The van der Waals surface area contributed by atoms with Gasteiger partial charge in [0.25, 0.3) is 0 Å². The second-order valence-corrected chi connectivity index (χ2v) is 4.48. The van der Waals surface area contributed by atoms with Crippen molar-refractivity contribution in [2.75, 3.05) is 30.8 Å². The smallest absolute Gasteiger partial charge is 0.161 e. The maximum Gasteiger partial charge on any atom is 0.161 e. The third-order valence-electron chi connectivity index (χ3n) is 3.01. The molecule has 1 aliphatic heterocycles. The maximum atomic E-state index is 5.60. The lowest BCUT2D eigenvalue weighted by molar-refractivity contribution is 0.171. The molecule has 0 spiro atoms. The van der Waals surface area contributed by atoms with Crippen molar-refractivity contribution < 1.29 is 9.47 Å². The molecule has 1 aromatic heterocycles. The van der Waals surface area contributed by atoms with E-state index in [1.165, 1.54) is 11.9 Å². The fourth-order valence-electron chi connectivity index (χ4n) is 2.05. The molecule has 3 N–H and O–H groups in total. The molecule has 104 valence electrons. The first-order valence-corrected chi connectivity index (χ1v) is 6.51. The summed E-state index contributed by atoms with van der Waals surface area (Å²) in [7, 11) is 0. The van der Waals surface area contributed by atoms with E-state index < -0.39 is 0 Å². The lowest BCUT2D eigenvalue weighted by atomic mass is 10.1. The van der Waals surface area contributed by atoms with Gasteiger partial charge in [0, 0.05) is 12.6 Å². The van der Waals surface area contributed by atoms with Gasteiger partial charge in [-0.2, -0.15) is 0 Å². The second-order valence-electron chi connectivity index (χ2n) is 4.48. The number of aromatic nitrogens is 2. The number of rotatable bonds is 4. The van der Waals surface area contributed by atoms with Crippen molar-refractivity contribution in [3.8, 4) is 11.5 Å². The molecule has 2 heterocycles. The molecule has 1 aliphatic rings. The minimum absolute atomic E-state index is 0.460. The van der Waals surface area contributed by atoms with E-state index in [1.807, 2.05) is 18.2 Å². The molecule has 0 aliphatic carbocycles. The van der Waals surface area contributed by atoms with Crippen molar-refractivity contribution in [1.29, 1.82) is 0 Å². The predicted octanol–water partition coefficient (Wildman–Crippen LogP) is 1.48. The Labute approximate surface area is 116 Å². The van der Waals surface area contributed by atoms with Crippen LogP contribution >= 0.6 is 0 Å². The molecule has 6 heteroatoms. The topological polar surface area (TPSA) is 82.3 Å². The van der Waals surface area contributed by atoms with Crippen molar-refractivity contribution in [1.82, 2.24) is 9.97 Å². The Balaban J connectivity index is 1.58. The Hall–Kier alpha value is -2.50. The molecule has 6 nitrogen and oxygen atoms in total. The van der Waals surface area contributed by atoms with E-state index in [1.54, 1.807) is 6.07 Å². The number of nitrogen functional groups attached to an aromatic ring is 1. The zero-order valence-corrected chi connectivity index (χ0v) is 11.0. The van der Waals surface area contributed by atoms with Crippen molar-refractivity contribution >= 4 is 11.6 Å². The highest BCUT2D eigenvalue weighted by Gasteiger charge is 2.11. The van der Waals surface area contributed by atoms with Gasteiger partial charge in [-0.1, -0.05) is 6.07 Å². The molecule has 0 saturated heterocycles. The first-order chi connectivity index (χ1) is 9.81. The van der Waals surface area contributed by atoms with Crippen molar-refractivity contribution in [3.63, 3.8) is 0 Å². The van der Waals surface area contributed by atoms with E-state index in [4.69, 9.17) is 15.2 Å². The van der Waals surface area contributed by atoms with Crippen molar-refractivity contribution in [2.45, 2.75) is 6.42 Å². The standard InChI is InChI=1S/C14H16N4O2/c15-13-8-14(18-9-17-13)16-4-3-10-1-2-11-12(7-10)20-6-5-19-11/h1-2,7-9H,3-6H2,(H3,15,16,17,18). The van der Waals surface area contributed by atoms with Crippen LogP contribution in [0.15, 0.2) is 30.6 Å². The summed E-state index contributed by atoms with van der Waals surface area (Å²) in [4.78, 5) is 7.94. The lowest BCUT2D eigenvalue weighted by Crippen LogP contribution is -2.15. The van der Waals surface area contributed by atoms with E-state index in [0.29, 0.717) is 19.0 Å². The zero-order chi connectivity index (χ0) is 13.8. The molecular formula is C14H16N4O2. The van der Waals surface area contributed by atoms with Gasteiger partial charge in [-0.15, -0.1) is 0 Å². The summed E-state index contributed by atoms with van der Waals surface area (Å²) < 4.78 is 11.1. The number of nitrogens with two attached hydrogens (primary N) is 1. The highest BCUT2D eigenvalue weighted by molar-refractivity contribution is 5.45. The summed E-state index contributed by atoms with van der Waals surface area (Å²) in [5.41, 5.74) is 6.78. The molecule has 0 bridgehead atoms. The first kappa shape index (κ1) is 12.5. The van der Waals surface area contributed by atoms with Gasteiger partial charge in [0.2, 0.25) is 0 Å². The zero-order valence-electron chi connectivity index (χ0n) is 11.0. The van der Waals surface area contributed by atoms with Crippen LogP contribution in [0.3, 0.4) is 0 Å². The van der Waals surface area contributed by atoms with Gasteiger partial charge in [0.1, 0.15) is 31.2 Å². The molecule has 0 unspecified atom stereocenters. The Bertz CT molecular complexity index is 603. The number of nitrogens with zero attached hydrogens (tertiary/aromatic N) is 2. The summed E-state index contributed by atoms with van der Waals surface area (Å²) in [6.07, 6.45) is 2.31. The van der Waals surface area contributed by atoms with Crippen LogP contribution in [0.4, 0.5) is 11.6 Å². The van der Waals surface area contributed by atoms with Gasteiger partial charge in [-0.3, -0.25) is 0 Å². The molecule has 0 amide bonds. The number of hydrogen-bond acceptors (Lipinski definition) is 6. The SMILES string of the molecule is Nc1cc(NCCc2ccc3c(c2)OCCO3)ncn1. The Morgan fingerprint density at radius 1 is 1.10 bits per heavy atom. The summed E-state index contributed by atoms with van der Waals surface area (Å²) in [5.74, 6) is 2.83. The molecule has 0 fully saturated rings. The van der Waals surface area contributed by atoms with Crippen LogP contribution in [0.1, 0.15) is 5.56 Å². The van der Waals surface area contributed by atoms with Crippen LogP contribution in [0.5, 0.6) is 11.5 Å². The number of fused-ring (bicyclic) bond motifs is 1. The number of hydrogen-bond donors (Lipinski definition) is 2. The Kier molecular flexibility index (Phi) is 3.54. The third-order valence-corrected chi connectivity index (χ3v) is 3.01. The van der Waals surface area contributed by atoms with Crippen molar-refractivity contribution in [3.05, 3.63) is 36.2 Å². The average Bonchev–Trinajstić information content (AvgIpc) is 2.47. The monoisotopic (exact) mass is 272 g/mol. The first-order valence-electron chi connectivity index (χ1n) is 6.51. The third kappa shape index (κ3) is 2.90. The highest BCUT2D eigenvalue weighted by Crippen LogP contribution is 2.30. The largest absolute Gasteiger partial charge is 0.486 e. The van der Waals surface area contributed by atoms with Crippen molar-refractivity contribution in [2.24, 2.45) is 0 Å². The van der Waals surface area contributed by atoms with E-state index >= 15 is 0 Å². The number of ether oxygens (including phenoxy) is 2. The molecule has 0 radical (unpaired) electrons. The predicted molar refractivity (Wildman–Crippen MR) is 76.1 cm³/mol. The van der Waals surface area contributed by atoms with Gasteiger partial charge >= 0.3 is 0 Å². The number of nitrogens with one attached hydrogen (secondary N) is 1. The molecular weight excluding hydrogens is 256 g/mol. The Morgan fingerprint density at radius 3 is 2.80 bits per heavy atom.